The monoisotopic (exact) mass is 203 g/mol. The molecular weight excluding hydrogens is 190 g/mol. The van der Waals surface area contributed by atoms with Crippen LogP contribution in [-0.2, 0) is 6.54 Å². The molecule has 0 bridgehead atoms. The second-order valence-electron chi connectivity index (χ2n) is 3.36. The zero-order valence-corrected chi connectivity index (χ0v) is 8.59. The molecule has 0 atom stereocenters. The van der Waals surface area contributed by atoms with E-state index < -0.39 is 0 Å². The van der Waals surface area contributed by atoms with Gasteiger partial charge < -0.3 is 5.11 Å². The number of aromatic nitrogens is 3. The second-order valence-corrected chi connectivity index (χ2v) is 3.36. The highest BCUT2D eigenvalue weighted by molar-refractivity contribution is 5.57. The number of aliphatic hydroxyl groups excluding tert-OH is 1. The molecule has 0 spiro atoms. The van der Waals surface area contributed by atoms with Gasteiger partial charge in [0.05, 0.1) is 18.8 Å². The third-order valence-corrected chi connectivity index (χ3v) is 2.25. The summed E-state index contributed by atoms with van der Waals surface area (Å²) in [5.74, 6) is 0. The van der Waals surface area contributed by atoms with Crippen LogP contribution in [-0.4, -0.2) is 26.5 Å². The lowest BCUT2D eigenvalue weighted by Crippen LogP contribution is -2.05. The average molecular weight is 203 g/mol. The van der Waals surface area contributed by atoms with E-state index in [1.165, 1.54) is 0 Å². The van der Waals surface area contributed by atoms with Gasteiger partial charge >= 0.3 is 0 Å². The predicted octanol–water partition coefficient (Wildman–Crippen LogP) is 1.25. The second kappa shape index (κ2) is 4.23. The topological polar surface area (TPSA) is 50.9 Å². The van der Waals surface area contributed by atoms with E-state index in [1.54, 1.807) is 17.1 Å². The quantitative estimate of drug-likeness (QED) is 0.816. The molecule has 0 aliphatic heterocycles. The van der Waals surface area contributed by atoms with Crippen LogP contribution >= 0.6 is 0 Å². The molecule has 0 radical (unpaired) electrons. The van der Waals surface area contributed by atoms with Crippen LogP contribution in [0, 0.1) is 6.92 Å². The molecule has 0 unspecified atom stereocenters. The van der Waals surface area contributed by atoms with E-state index in [1.807, 2.05) is 25.1 Å². The molecule has 0 saturated heterocycles. The van der Waals surface area contributed by atoms with Crippen molar-refractivity contribution in [3.05, 3.63) is 36.3 Å². The van der Waals surface area contributed by atoms with E-state index in [0.717, 1.165) is 17.0 Å². The Bertz CT molecular complexity index is 436. The summed E-state index contributed by atoms with van der Waals surface area (Å²) in [7, 11) is 0. The summed E-state index contributed by atoms with van der Waals surface area (Å²) in [6.07, 6.45) is 3.52. The van der Waals surface area contributed by atoms with E-state index in [9.17, 15) is 0 Å². The molecule has 2 heterocycles. The number of aryl methyl sites for hydroxylation is 1. The van der Waals surface area contributed by atoms with Gasteiger partial charge in [0.1, 0.15) is 0 Å². The third kappa shape index (κ3) is 2.05. The SMILES string of the molecule is Cc1cc(-c2cccnc2)nn1CCO. The fourth-order valence-electron chi connectivity index (χ4n) is 1.49. The largest absolute Gasteiger partial charge is 0.394 e. The maximum Gasteiger partial charge on any atom is 0.0941 e. The first-order chi connectivity index (χ1) is 7.31. The summed E-state index contributed by atoms with van der Waals surface area (Å²) in [6, 6.07) is 5.85. The molecule has 2 aromatic heterocycles. The van der Waals surface area contributed by atoms with Crippen LogP contribution in [0.3, 0.4) is 0 Å². The number of hydrogen-bond acceptors (Lipinski definition) is 3. The highest BCUT2D eigenvalue weighted by atomic mass is 16.3. The number of pyridine rings is 1. The Morgan fingerprint density at radius 2 is 2.33 bits per heavy atom. The molecule has 0 aliphatic rings. The summed E-state index contributed by atoms with van der Waals surface area (Å²) in [5, 5.41) is 13.2. The van der Waals surface area contributed by atoms with E-state index in [-0.39, 0.29) is 6.61 Å². The predicted molar refractivity (Wildman–Crippen MR) is 57.3 cm³/mol. The van der Waals surface area contributed by atoms with E-state index in [4.69, 9.17) is 5.11 Å². The Hall–Kier alpha value is -1.68. The van der Waals surface area contributed by atoms with Crippen molar-refractivity contribution in [3.63, 3.8) is 0 Å². The molecule has 4 nitrogen and oxygen atoms in total. The number of hydrogen-bond donors (Lipinski definition) is 1. The van der Waals surface area contributed by atoms with Gasteiger partial charge in [0.2, 0.25) is 0 Å². The lowest BCUT2D eigenvalue weighted by Gasteiger charge is -1.99. The number of nitrogens with zero attached hydrogens (tertiary/aromatic N) is 3. The van der Waals surface area contributed by atoms with Crippen molar-refractivity contribution in [1.82, 2.24) is 14.8 Å². The maximum absolute atomic E-state index is 8.85. The van der Waals surface area contributed by atoms with Crippen LogP contribution in [0.25, 0.3) is 11.3 Å². The minimum Gasteiger partial charge on any atom is -0.394 e. The van der Waals surface area contributed by atoms with E-state index in [0.29, 0.717) is 6.54 Å². The Morgan fingerprint density at radius 3 is 3.00 bits per heavy atom. The van der Waals surface area contributed by atoms with Crippen molar-refractivity contribution in [2.24, 2.45) is 0 Å². The minimum absolute atomic E-state index is 0.106. The lowest BCUT2D eigenvalue weighted by atomic mass is 10.2. The fourth-order valence-corrected chi connectivity index (χ4v) is 1.49. The first-order valence-electron chi connectivity index (χ1n) is 4.87. The zero-order valence-electron chi connectivity index (χ0n) is 8.59. The van der Waals surface area contributed by atoms with Crippen molar-refractivity contribution in [3.8, 4) is 11.3 Å². The average Bonchev–Trinajstić information content (AvgIpc) is 2.63. The van der Waals surface area contributed by atoms with Crippen LogP contribution in [0.4, 0.5) is 0 Å². The standard InChI is InChI=1S/C11H13N3O/c1-9-7-11(13-14(9)5-6-15)10-3-2-4-12-8-10/h2-4,7-8,15H,5-6H2,1H3. The van der Waals surface area contributed by atoms with E-state index in [2.05, 4.69) is 10.1 Å². The van der Waals surface area contributed by atoms with Crippen LogP contribution in [0.1, 0.15) is 5.69 Å². The zero-order chi connectivity index (χ0) is 10.7. The van der Waals surface area contributed by atoms with Gasteiger partial charge in [-0.3, -0.25) is 9.67 Å². The van der Waals surface area contributed by atoms with Gasteiger partial charge in [-0.25, -0.2) is 0 Å². The Kier molecular flexibility index (Phi) is 2.78. The first kappa shape index (κ1) is 9.86. The molecular formula is C11H13N3O. The molecule has 78 valence electrons. The van der Waals surface area contributed by atoms with Gasteiger partial charge in [0, 0.05) is 23.7 Å². The van der Waals surface area contributed by atoms with Crippen molar-refractivity contribution in [2.45, 2.75) is 13.5 Å². The first-order valence-corrected chi connectivity index (χ1v) is 4.87. The minimum atomic E-state index is 0.106. The molecule has 0 aliphatic carbocycles. The Morgan fingerprint density at radius 1 is 1.47 bits per heavy atom. The smallest absolute Gasteiger partial charge is 0.0941 e. The lowest BCUT2D eigenvalue weighted by molar-refractivity contribution is 0.268. The van der Waals surface area contributed by atoms with Gasteiger partial charge in [0.15, 0.2) is 0 Å². The van der Waals surface area contributed by atoms with Crippen molar-refractivity contribution < 1.29 is 5.11 Å². The number of rotatable bonds is 3. The van der Waals surface area contributed by atoms with Crippen LogP contribution in [0.15, 0.2) is 30.6 Å². The molecule has 15 heavy (non-hydrogen) atoms. The number of aliphatic hydroxyl groups is 1. The summed E-state index contributed by atoms with van der Waals surface area (Å²) in [6.45, 7) is 2.61. The molecule has 0 fully saturated rings. The molecule has 4 heteroatoms. The summed E-state index contributed by atoms with van der Waals surface area (Å²) in [5.41, 5.74) is 2.94. The molecule has 0 amide bonds. The van der Waals surface area contributed by atoms with E-state index >= 15 is 0 Å². The van der Waals surface area contributed by atoms with Crippen LogP contribution < -0.4 is 0 Å². The van der Waals surface area contributed by atoms with Crippen LogP contribution in [0.2, 0.25) is 0 Å². The van der Waals surface area contributed by atoms with Gasteiger partial charge in [0.25, 0.3) is 0 Å². The third-order valence-electron chi connectivity index (χ3n) is 2.25. The molecule has 1 N–H and O–H groups in total. The summed E-state index contributed by atoms with van der Waals surface area (Å²) in [4.78, 5) is 4.05. The highest BCUT2D eigenvalue weighted by Gasteiger charge is 2.05. The van der Waals surface area contributed by atoms with Crippen molar-refractivity contribution >= 4 is 0 Å². The van der Waals surface area contributed by atoms with Crippen molar-refractivity contribution in [1.29, 1.82) is 0 Å². The van der Waals surface area contributed by atoms with Gasteiger partial charge in [-0.05, 0) is 25.1 Å². The Labute approximate surface area is 88.2 Å². The fraction of sp³-hybridized carbons (Fsp3) is 0.273. The summed E-state index contributed by atoms with van der Waals surface area (Å²) < 4.78 is 1.79. The van der Waals surface area contributed by atoms with Gasteiger partial charge in [-0.15, -0.1) is 0 Å². The Balaban J connectivity index is 2.34. The normalized spacial score (nSPS) is 10.5. The van der Waals surface area contributed by atoms with Crippen molar-refractivity contribution in [2.75, 3.05) is 6.61 Å². The molecule has 2 aromatic rings. The van der Waals surface area contributed by atoms with Gasteiger partial charge in [-0.2, -0.15) is 5.10 Å². The molecule has 0 saturated carbocycles. The van der Waals surface area contributed by atoms with Gasteiger partial charge in [-0.1, -0.05) is 0 Å². The molecule has 0 aromatic carbocycles. The maximum atomic E-state index is 8.85. The highest BCUT2D eigenvalue weighted by Crippen LogP contribution is 2.17. The van der Waals surface area contributed by atoms with Crippen LogP contribution in [0.5, 0.6) is 0 Å². The molecule has 2 rings (SSSR count). The summed E-state index contributed by atoms with van der Waals surface area (Å²) >= 11 is 0.